The number of carbonyl (C=O) groups excluding carboxylic acids is 4. The summed E-state index contributed by atoms with van der Waals surface area (Å²) in [7, 11) is 0. The van der Waals surface area contributed by atoms with Crippen molar-refractivity contribution in [1.82, 2.24) is 0 Å². The van der Waals surface area contributed by atoms with E-state index in [0.29, 0.717) is 17.9 Å². The molecule has 0 fully saturated rings. The van der Waals surface area contributed by atoms with Crippen molar-refractivity contribution in [3.05, 3.63) is 65.5 Å². The molecular formula is C22H22FNO6. The van der Waals surface area contributed by atoms with Crippen molar-refractivity contribution < 1.29 is 33.0 Å². The number of ketones is 1. The molecule has 7 nitrogen and oxygen atoms in total. The van der Waals surface area contributed by atoms with E-state index in [2.05, 4.69) is 5.32 Å². The molecule has 0 bridgehead atoms. The first kappa shape index (κ1) is 22.7. The Morgan fingerprint density at radius 2 is 1.50 bits per heavy atom. The van der Waals surface area contributed by atoms with Gasteiger partial charge in [-0.2, -0.15) is 0 Å². The largest absolute Gasteiger partial charge is 0.462 e. The Morgan fingerprint density at radius 1 is 0.867 bits per heavy atom. The van der Waals surface area contributed by atoms with Crippen molar-refractivity contribution in [3.8, 4) is 0 Å². The van der Waals surface area contributed by atoms with Gasteiger partial charge in [0.1, 0.15) is 5.82 Å². The zero-order valence-corrected chi connectivity index (χ0v) is 16.5. The van der Waals surface area contributed by atoms with Crippen LogP contribution < -0.4 is 5.32 Å². The standard InChI is InChI=1S/C22H22FNO6/c1-2-13-29-22(28)16-5-9-18(10-6-16)24-20(26)11-12-21(27)30-14-19(25)15-3-7-17(23)8-4-15/h3-10H,2,11-14H2,1H3,(H,24,26). The lowest BCUT2D eigenvalue weighted by Gasteiger charge is -2.07. The highest BCUT2D eigenvalue weighted by Gasteiger charge is 2.13. The van der Waals surface area contributed by atoms with Gasteiger partial charge in [0.15, 0.2) is 12.4 Å². The van der Waals surface area contributed by atoms with Gasteiger partial charge in [0.05, 0.1) is 18.6 Å². The number of rotatable bonds is 10. The van der Waals surface area contributed by atoms with Crippen LogP contribution in [0.5, 0.6) is 0 Å². The van der Waals surface area contributed by atoms with Crippen molar-refractivity contribution in [2.45, 2.75) is 26.2 Å². The summed E-state index contributed by atoms with van der Waals surface area (Å²) in [5, 5.41) is 2.60. The number of carbonyl (C=O) groups is 4. The summed E-state index contributed by atoms with van der Waals surface area (Å²) in [5.41, 5.74) is 1.06. The number of nitrogens with one attached hydrogen (secondary N) is 1. The van der Waals surface area contributed by atoms with E-state index >= 15 is 0 Å². The molecule has 0 aliphatic carbocycles. The number of hydrogen-bond donors (Lipinski definition) is 1. The van der Waals surface area contributed by atoms with Crippen LogP contribution in [0, 0.1) is 5.82 Å². The number of hydrogen-bond acceptors (Lipinski definition) is 6. The van der Waals surface area contributed by atoms with Crippen LogP contribution in [-0.4, -0.2) is 36.8 Å². The van der Waals surface area contributed by atoms with Crippen LogP contribution in [0.4, 0.5) is 10.1 Å². The van der Waals surface area contributed by atoms with Gasteiger partial charge in [0, 0.05) is 17.7 Å². The van der Waals surface area contributed by atoms with Crippen LogP contribution in [0.1, 0.15) is 46.9 Å². The van der Waals surface area contributed by atoms with Gasteiger partial charge in [0.25, 0.3) is 0 Å². The molecule has 2 aromatic carbocycles. The highest BCUT2D eigenvalue weighted by Crippen LogP contribution is 2.12. The first-order chi connectivity index (χ1) is 14.4. The molecule has 0 aromatic heterocycles. The maximum atomic E-state index is 12.8. The zero-order chi connectivity index (χ0) is 21.9. The molecule has 0 aliphatic heterocycles. The molecule has 0 spiro atoms. The van der Waals surface area contributed by atoms with E-state index in [1.165, 1.54) is 24.3 Å². The Bertz CT molecular complexity index is 893. The normalized spacial score (nSPS) is 10.2. The highest BCUT2D eigenvalue weighted by atomic mass is 19.1. The average molecular weight is 415 g/mol. The predicted octanol–water partition coefficient (Wildman–Crippen LogP) is 3.54. The SMILES string of the molecule is CCCOC(=O)c1ccc(NC(=O)CCC(=O)OCC(=O)c2ccc(F)cc2)cc1. The van der Waals surface area contributed by atoms with Crippen molar-refractivity contribution in [3.63, 3.8) is 0 Å². The van der Waals surface area contributed by atoms with E-state index < -0.39 is 36.1 Å². The number of halogens is 1. The van der Waals surface area contributed by atoms with Crippen molar-refractivity contribution >= 4 is 29.3 Å². The average Bonchev–Trinajstić information content (AvgIpc) is 2.75. The van der Waals surface area contributed by atoms with Crippen LogP contribution in [0.15, 0.2) is 48.5 Å². The molecule has 0 saturated carbocycles. The van der Waals surface area contributed by atoms with Crippen molar-refractivity contribution in [2.75, 3.05) is 18.5 Å². The monoisotopic (exact) mass is 415 g/mol. The summed E-state index contributed by atoms with van der Waals surface area (Å²) >= 11 is 0. The van der Waals surface area contributed by atoms with E-state index in [1.54, 1.807) is 12.1 Å². The number of benzene rings is 2. The minimum atomic E-state index is -0.699. The lowest BCUT2D eigenvalue weighted by molar-refractivity contribution is -0.143. The van der Waals surface area contributed by atoms with E-state index in [1.807, 2.05) is 6.92 Å². The third kappa shape index (κ3) is 7.46. The van der Waals surface area contributed by atoms with Gasteiger partial charge in [0.2, 0.25) is 5.91 Å². The fourth-order valence-corrected chi connectivity index (χ4v) is 2.34. The third-order valence-electron chi connectivity index (χ3n) is 3.93. The third-order valence-corrected chi connectivity index (χ3v) is 3.93. The molecule has 0 aliphatic rings. The first-order valence-corrected chi connectivity index (χ1v) is 9.40. The summed E-state index contributed by atoms with van der Waals surface area (Å²) in [5.74, 6) is -2.49. The van der Waals surface area contributed by atoms with Gasteiger partial charge in [-0.3, -0.25) is 14.4 Å². The summed E-state index contributed by atoms with van der Waals surface area (Å²) in [6.07, 6.45) is 0.385. The van der Waals surface area contributed by atoms with Gasteiger partial charge in [-0.1, -0.05) is 6.92 Å². The predicted molar refractivity (Wildman–Crippen MR) is 107 cm³/mol. The minimum Gasteiger partial charge on any atom is -0.462 e. The lowest BCUT2D eigenvalue weighted by Crippen LogP contribution is -2.17. The van der Waals surface area contributed by atoms with E-state index in [0.717, 1.165) is 18.6 Å². The van der Waals surface area contributed by atoms with Gasteiger partial charge >= 0.3 is 11.9 Å². The molecule has 0 atom stereocenters. The molecule has 2 aromatic rings. The van der Waals surface area contributed by atoms with Gasteiger partial charge in [-0.05, 0) is 55.0 Å². The molecule has 0 unspecified atom stereocenters. The van der Waals surface area contributed by atoms with Gasteiger partial charge < -0.3 is 14.8 Å². The number of amides is 1. The second kappa shape index (κ2) is 11.5. The fourth-order valence-electron chi connectivity index (χ4n) is 2.34. The number of anilines is 1. The summed E-state index contributed by atoms with van der Waals surface area (Å²) in [6, 6.07) is 11.0. The second-order valence-corrected chi connectivity index (χ2v) is 6.35. The quantitative estimate of drug-likeness (QED) is 0.471. The molecule has 30 heavy (non-hydrogen) atoms. The molecule has 0 heterocycles. The number of esters is 2. The van der Waals surface area contributed by atoms with Gasteiger partial charge in [-0.25, -0.2) is 9.18 Å². The van der Waals surface area contributed by atoms with E-state index in [4.69, 9.17) is 9.47 Å². The lowest BCUT2D eigenvalue weighted by atomic mass is 10.1. The smallest absolute Gasteiger partial charge is 0.338 e. The first-order valence-electron chi connectivity index (χ1n) is 9.40. The molecular weight excluding hydrogens is 393 g/mol. The minimum absolute atomic E-state index is 0.135. The number of ether oxygens (including phenoxy) is 2. The zero-order valence-electron chi connectivity index (χ0n) is 16.5. The van der Waals surface area contributed by atoms with Crippen LogP contribution in [-0.2, 0) is 19.1 Å². The number of Topliss-reactive ketones (excluding diaryl/α,β-unsaturated/α-hetero) is 1. The Hall–Kier alpha value is -3.55. The molecule has 158 valence electrons. The second-order valence-electron chi connectivity index (χ2n) is 6.35. The molecule has 1 amide bonds. The van der Waals surface area contributed by atoms with E-state index in [-0.39, 0.29) is 18.4 Å². The maximum Gasteiger partial charge on any atom is 0.338 e. The molecule has 0 saturated heterocycles. The maximum absolute atomic E-state index is 12.8. The van der Waals surface area contributed by atoms with Gasteiger partial charge in [-0.15, -0.1) is 0 Å². The van der Waals surface area contributed by atoms with Crippen LogP contribution in [0.3, 0.4) is 0 Å². The Morgan fingerprint density at radius 3 is 2.13 bits per heavy atom. The molecule has 0 radical (unpaired) electrons. The highest BCUT2D eigenvalue weighted by molar-refractivity contribution is 5.98. The Kier molecular flexibility index (Phi) is 8.68. The Labute approximate surface area is 173 Å². The summed E-state index contributed by atoms with van der Waals surface area (Å²) in [4.78, 5) is 47.3. The molecule has 2 rings (SSSR count). The topological polar surface area (TPSA) is 98.8 Å². The van der Waals surface area contributed by atoms with Crippen molar-refractivity contribution in [1.29, 1.82) is 0 Å². The van der Waals surface area contributed by atoms with Crippen LogP contribution in [0.2, 0.25) is 0 Å². The summed E-state index contributed by atoms with van der Waals surface area (Å²) < 4.78 is 22.7. The molecule has 1 N–H and O–H groups in total. The Balaban J connectivity index is 1.72. The van der Waals surface area contributed by atoms with E-state index in [9.17, 15) is 23.6 Å². The molecule has 8 heteroatoms. The van der Waals surface area contributed by atoms with Crippen LogP contribution >= 0.6 is 0 Å². The fraction of sp³-hybridized carbons (Fsp3) is 0.273. The summed E-state index contributed by atoms with van der Waals surface area (Å²) in [6.45, 7) is 1.75. The van der Waals surface area contributed by atoms with Crippen LogP contribution in [0.25, 0.3) is 0 Å². The van der Waals surface area contributed by atoms with Crippen molar-refractivity contribution in [2.24, 2.45) is 0 Å².